The van der Waals surface area contributed by atoms with Gasteiger partial charge in [0.1, 0.15) is 0 Å². The summed E-state index contributed by atoms with van der Waals surface area (Å²) in [5.74, 6) is 0.393. The van der Waals surface area contributed by atoms with E-state index in [1.807, 2.05) is 42.5 Å². The number of hydrogen-bond acceptors (Lipinski definition) is 6. The van der Waals surface area contributed by atoms with Gasteiger partial charge in [0.05, 0.1) is 6.21 Å². The highest BCUT2D eigenvalue weighted by atomic mass is 16.2. The predicted molar refractivity (Wildman–Crippen MR) is 116 cm³/mol. The lowest BCUT2D eigenvalue weighted by Crippen LogP contribution is -2.37. The van der Waals surface area contributed by atoms with Crippen LogP contribution in [0, 0.1) is 0 Å². The molecule has 0 aliphatic carbocycles. The van der Waals surface area contributed by atoms with E-state index in [9.17, 15) is 9.59 Å². The van der Waals surface area contributed by atoms with Crippen molar-refractivity contribution >= 4 is 23.3 Å². The van der Waals surface area contributed by atoms with Crippen molar-refractivity contribution in [2.45, 2.75) is 13.0 Å². The lowest BCUT2D eigenvalue weighted by atomic mass is 10.1. The Kier molecular flexibility index (Phi) is 5.25. The van der Waals surface area contributed by atoms with Crippen LogP contribution in [0.3, 0.4) is 0 Å². The van der Waals surface area contributed by atoms with Crippen LogP contribution in [0.25, 0.3) is 11.2 Å². The number of imidazole rings is 1. The maximum absolute atomic E-state index is 12.9. The molecule has 9 nitrogen and oxygen atoms in total. The number of hydrazone groups is 1. The molecule has 30 heavy (non-hydrogen) atoms. The molecular weight excluding hydrogens is 382 g/mol. The SMILES string of the molecule is Cn1c(=O)c2c(nc(N/N=C/c3ccncc3)n2CCc2ccccc2)n(C)c1=O. The van der Waals surface area contributed by atoms with E-state index in [2.05, 4.69) is 20.5 Å². The Hall–Kier alpha value is -4.01. The number of nitrogens with zero attached hydrogens (tertiary/aromatic N) is 6. The van der Waals surface area contributed by atoms with Gasteiger partial charge in [0.15, 0.2) is 11.2 Å². The number of hydrogen-bond donors (Lipinski definition) is 1. The standard InChI is InChI=1S/C21H21N7O2/c1-26-18-17(19(29)27(2)21(26)30)28(13-10-15-6-4-3-5-7-15)20(24-18)25-23-14-16-8-11-22-12-9-16/h3-9,11-12,14H,10,13H2,1-2H3,(H,24,25)/b23-14+. The maximum atomic E-state index is 12.9. The molecule has 1 aromatic carbocycles. The second kappa shape index (κ2) is 8.16. The molecule has 0 saturated carbocycles. The van der Waals surface area contributed by atoms with Crippen molar-refractivity contribution in [1.82, 2.24) is 23.7 Å². The smallest absolute Gasteiger partial charge is 0.303 e. The van der Waals surface area contributed by atoms with Crippen molar-refractivity contribution < 1.29 is 0 Å². The highest BCUT2D eigenvalue weighted by molar-refractivity contribution is 5.80. The lowest BCUT2D eigenvalue weighted by Gasteiger charge is -2.09. The summed E-state index contributed by atoms with van der Waals surface area (Å²) in [4.78, 5) is 33.7. The van der Waals surface area contributed by atoms with Crippen molar-refractivity contribution in [3.8, 4) is 0 Å². The van der Waals surface area contributed by atoms with Gasteiger partial charge < -0.3 is 4.57 Å². The Bertz CT molecular complexity index is 1320. The fraction of sp³-hybridized carbons (Fsp3) is 0.190. The zero-order chi connectivity index (χ0) is 21.1. The number of fused-ring (bicyclic) bond motifs is 1. The molecule has 0 saturated heterocycles. The van der Waals surface area contributed by atoms with Crippen LogP contribution < -0.4 is 16.7 Å². The molecule has 0 amide bonds. The number of anilines is 1. The molecule has 0 atom stereocenters. The Morgan fingerprint density at radius 1 is 1.03 bits per heavy atom. The molecule has 4 rings (SSSR count). The van der Waals surface area contributed by atoms with Crippen LogP contribution in [0.4, 0.5) is 5.95 Å². The summed E-state index contributed by atoms with van der Waals surface area (Å²) < 4.78 is 4.23. The van der Waals surface area contributed by atoms with E-state index < -0.39 is 5.69 Å². The predicted octanol–water partition coefficient (Wildman–Crippen LogP) is 1.52. The van der Waals surface area contributed by atoms with Crippen LogP contribution in [0.2, 0.25) is 0 Å². The van der Waals surface area contributed by atoms with Crippen molar-refractivity contribution in [3.63, 3.8) is 0 Å². The number of aryl methyl sites for hydroxylation is 3. The summed E-state index contributed by atoms with van der Waals surface area (Å²) in [5.41, 5.74) is 4.78. The molecule has 3 heterocycles. The van der Waals surface area contributed by atoms with E-state index in [0.717, 1.165) is 15.7 Å². The van der Waals surface area contributed by atoms with Gasteiger partial charge in [-0.1, -0.05) is 30.3 Å². The van der Waals surface area contributed by atoms with Crippen molar-refractivity contribution in [2.75, 3.05) is 5.43 Å². The Labute approximate surface area is 172 Å². The summed E-state index contributed by atoms with van der Waals surface area (Å²) >= 11 is 0. The first-order valence-electron chi connectivity index (χ1n) is 9.45. The van der Waals surface area contributed by atoms with Gasteiger partial charge >= 0.3 is 5.69 Å². The van der Waals surface area contributed by atoms with Gasteiger partial charge in [0, 0.05) is 33.0 Å². The van der Waals surface area contributed by atoms with Crippen molar-refractivity contribution in [1.29, 1.82) is 0 Å². The summed E-state index contributed by atoms with van der Waals surface area (Å²) in [6.45, 7) is 0.501. The number of pyridine rings is 1. The van der Waals surface area contributed by atoms with E-state index in [0.29, 0.717) is 30.1 Å². The third kappa shape index (κ3) is 3.64. The zero-order valence-electron chi connectivity index (χ0n) is 16.7. The minimum absolute atomic E-state index is 0.317. The van der Waals surface area contributed by atoms with E-state index in [-0.39, 0.29) is 5.56 Å². The third-order valence-electron chi connectivity index (χ3n) is 4.90. The Morgan fingerprint density at radius 2 is 1.77 bits per heavy atom. The molecule has 3 aromatic heterocycles. The van der Waals surface area contributed by atoms with Gasteiger partial charge in [0.2, 0.25) is 5.95 Å². The first-order chi connectivity index (χ1) is 14.6. The monoisotopic (exact) mass is 403 g/mol. The molecular formula is C21H21N7O2. The molecule has 0 bridgehead atoms. The van der Waals surface area contributed by atoms with Crippen LogP contribution >= 0.6 is 0 Å². The second-order valence-electron chi connectivity index (χ2n) is 6.85. The zero-order valence-corrected chi connectivity index (χ0v) is 16.7. The summed E-state index contributed by atoms with van der Waals surface area (Å²) in [6.07, 6.45) is 5.69. The average molecular weight is 403 g/mol. The molecule has 0 aliphatic rings. The Balaban J connectivity index is 1.76. The Morgan fingerprint density at radius 3 is 2.50 bits per heavy atom. The minimum Gasteiger partial charge on any atom is -0.303 e. The molecule has 1 N–H and O–H groups in total. The van der Waals surface area contributed by atoms with Crippen LogP contribution in [0.15, 0.2) is 69.5 Å². The van der Waals surface area contributed by atoms with E-state index in [4.69, 9.17) is 0 Å². The molecule has 152 valence electrons. The van der Waals surface area contributed by atoms with Crippen molar-refractivity contribution in [3.05, 3.63) is 86.8 Å². The van der Waals surface area contributed by atoms with Gasteiger partial charge in [-0.15, -0.1) is 0 Å². The minimum atomic E-state index is -0.424. The molecule has 0 radical (unpaired) electrons. The van der Waals surface area contributed by atoms with Crippen molar-refractivity contribution in [2.24, 2.45) is 19.2 Å². The molecule has 0 fully saturated rings. The number of aromatic nitrogens is 5. The normalized spacial score (nSPS) is 11.4. The van der Waals surface area contributed by atoms with Crippen LogP contribution in [0.1, 0.15) is 11.1 Å². The lowest BCUT2D eigenvalue weighted by molar-refractivity contribution is 0.687. The molecule has 9 heteroatoms. The maximum Gasteiger partial charge on any atom is 0.332 e. The van der Waals surface area contributed by atoms with Gasteiger partial charge in [-0.05, 0) is 29.7 Å². The van der Waals surface area contributed by atoms with Crippen LogP contribution in [0.5, 0.6) is 0 Å². The highest BCUT2D eigenvalue weighted by Gasteiger charge is 2.18. The quantitative estimate of drug-likeness (QED) is 0.389. The van der Waals surface area contributed by atoms with Crippen LogP contribution in [-0.2, 0) is 27.1 Å². The fourth-order valence-corrected chi connectivity index (χ4v) is 3.25. The number of benzene rings is 1. The third-order valence-corrected chi connectivity index (χ3v) is 4.90. The first kappa shape index (κ1) is 19.3. The molecule has 0 spiro atoms. The second-order valence-corrected chi connectivity index (χ2v) is 6.85. The van der Waals surface area contributed by atoms with Gasteiger partial charge in [-0.3, -0.25) is 18.9 Å². The largest absolute Gasteiger partial charge is 0.332 e. The van der Waals surface area contributed by atoms with Gasteiger partial charge in [0.25, 0.3) is 5.56 Å². The van der Waals surface area contributed by atoms with Crippen LogP contribution in [-0.4, -0.2) is 29.9 Å². The van der Waals surface area contributed by atoms with E-state index in [1.165, 1.54) is 11.6 Å². The average Bonchev–Trinajstić information content (AvgIpc) is 3.15. The number of nitrogens with one attached hydrogen (secondary N) is 1. The fourth-order valence-electron chi connectivity index (χ4n) is 3.25. The number of rotatable bonds is 6. The van der Waals surface area contributed by atoms with E-state index in [1.54, 1.807) is 30.2 Å². The summed E-state index contributed by atoms with van der Waals surface area (Å²) in [5, 5.41) is 4.24. The molecule has 4 aromatic rings. The highest BCUT2D eigenvalue weighted by Crippen LogP contribution is 2.17. The topological polar surface area (TPSA) is 99.1 Å². The summed E-state index contributed by atoms with van der Waals surface area (Å²) in [7, 11) is 3.07. The van der Waals surface area contributed by atoms with Gasteiger partial charge in [-0.25, -0.2) is 10.2 Å². The molecule has 0 unspecified atom stereocenters. The van der Waals surface area contributed by atoms with E-state index >= 15 is 0 Å². The van der Waals surface area contributed by atoms with Gasteiger partial charge in [-0.2, -0.15) is 10.1 Å². The first-order valence-corrected chi connectivity index (χ1v) is 9.45. The molecule has 0 aliphatic heterocycles. The summed E-state index contributed by atoms with van der Waals surface area (Å²) in [6, 6.07) is 13.6.